The van der Waals surface area contributed by atoms with E-state index in [4.69, 9.17) is 4.74 Å². The van der Waals surface area contributed by atoms with Crippen LogP contribution in [0.4, 0.5) is 8.78 Å². The molecular weight excluding hydrogens is 312 g/mol. The lowest BCUT2D eigenvalue weighted by Gasteiger charge is -2.28. The summed E-state index contributed by atoms with van der Waals surface area (Å²) in [5.74, 6) is -0.630. The Bertz CT molecular complexity index is 627. The molecule has 0 spiro atoms. The summed E-state index contributed by atoms with van der Waals surface area (Å²) in [6.45, 7) is 2.48. The first kappa shape index (κ1) is 18.5. The third-order valence-electron chi connectivity index (χ3n) is 4.04. The molecule has 0 bridgehead atoms. The van der Waals surface area contributed by atoms with E-state index in [1.807, 2.05) is 0 Å². The molecule has 0 fully saturated rings. The zero-order valence-electron chi connectivity index (χ0n) is 13.9. The molecule has 0 radical (unpaired) electrons. The highest BCUT2D eigenvalue weighted by Gasteiger charge is 2.24. The summed E-state index contributed by atoms with van der Waals surface area (Å²) in [7, 11) is 1.62. The van der Waals surface area contributed by atoms with E-state index in [0.29, 0.717) is 18.6 Å². The molecule has 0 saturated carbocycles. The fraction of sp³-hybridized carbons (Fsp3) is 0.368. The summed E-state index contributed by atoms with van der Waals surface area (Å²) in [5, 5.41) is 14.0. The van der Waals surface area contributed by atoms with Crippen LogP contribution >= 0.6 is 0 Å². The minimum Gasteiger partial charge on any atom is -0.385 e. The van der Waals surface area contributed by atoms with Crippen LogP contribution in [0.1, 0.15) is 30.5 Å². The molecule has 0 aliphatic carbocycles. The van der Waals surface area contributed by atoms with Crippen molar-refractivity contribution in [3.63, 3.8) is 0 Å². The predicted octanol–water partition coefficient (Wildman–Crippen LogP) is 3.54. The van der Waals surface area contributed by atoms with E-state index in [1.165, 1.54) is 24.3 Å². The molecule has 2 aromatic carbocycles. The number of halogens is 2. The van der Waals surface area contributed by atoms with Gasteiger partial charge in [0.2, 0.25) is 0 Å². The summed E-state index contributed by atoms with van der Waals surface area (Å²) in [6.07, 6.45) is 0.682. The predicted molar refractivity (Wildman–Crippen MR) is 89.6 cm³/mol. The van der Waals surface area contributed by atoms with Crippen LogP contribution in [0.15, 0.2) is 48.5 Å². The van der Waals surface area contributed by atoms with Crippen LogP contribution in [0.2, 0.25) is 0 Å². The first-order chi connectivity index (χ1) is 11.4. The maximum Gasteiger partial charge on any atom is 0.123 e. The Labute approximate surface area is 141 Å². The fourth-order valence-electron chi connectivity index (χ4n) is 2.55. The van der Waals surface area contributed by atoms with Gasteiger partial charge in [0.15, 0.2) is 0 Å². The first-order valence-electron chi connectivity index (χ1n) is 7.88. The summed E-state index contributed by atoms with van der Waals surface area (Å²) < 4.78 is 31.3. The topological polar surface area (TPSA) is 41.5 Å². The van der Waals surface area contributed by atoms with E-state index < -0.39 is 5.60 Å². The molecule has 3 nitrogen and oxygen atoms in total. The number of benzene rings is 2. The minimum atomic E-state index is -1.15. The molecule has 2 unspecified atom stereocenters. The second kappa shape index (κ2) is 8.33. The van der Waals surface area contributed by atoms with Crippen LogP contribution in [-0.2, 0) is 10.3 Å². The van der Waals surface area contributed by atoms with Crippen molar-refractivity contribution in [1.29, 1.82) is 0 Å². The van der Waals surface area contributed by atoms with E-state index in [0.717, 1.165) is 5.56 Å². The van der Waals surface area contributed by atoms with Gasteiger partial charge in [-0.2, -0.15) is 0 Å². The van der Waals surface area contributed by atoms with Crippen molar-refractivity contribution in [2.24, 2.45) is 0 Å². The maximum absolute atomic E-state index is 13.1. The van der Waals surface area contributed by atoms with Gasteiger partial charge in [-0.05, 0) is 48.7 Å². The molecule has 130 valence electrons. The Balaban J connectivity index is 2.08. The number of aliphatic hydroxyl groups is 1. The van der Waals surface area contributed by atoms with Gasteiger partial charge in [0.1, 0.15) is 11.6 Å². The lowest BCUT2D eigenvalue weighted by Crippen LogP contribution is -2.37. The number of nitrogens with one attached hydrogen (secondary N) is 1. The molecule has 0 aliphatic heterocycles. The largest absolute Gasteiger partial charge is 0.385 e. The average Bonchev–Trinajstić information content (AvgIpc) is 2.56. The van der Waals surface area contributed by atoms with E-state index in [2.05, 4.69) is 5.32 Å². The fourth-order valence-corrected chi connectivity index (χ4v) is 2.55. The van der Waals surface area contributed by atoms with Gasteiger partial charge in [-0.1, -0.05) is 24.3 Å². The van der Waals surface area contributed by atoms with Crippen molar-refractivity contribution in [2.45, 2.75) is 25.0 Å². The molecule has 2 atom stereocenters. The van der Waals surface area contributed by atoms with Gasteiger partial charge in [0.25, 0.3) is 0 Å². The van der Waals surface area contributed by atoms with Crippen molar-refractivity contribution >= 4 is 0 Å². The molecule has 5 heteroatoms. The number of hydrogen-bond donors (Lipinski definition) is 2. The molecule has 2 aromatic rings. The number of hydrogen-bond acceptors (Lipinski definition) is 3. The highest BCUT2D eigenvalue weighted by Crippen LogP contribution is 2.23. The third-order valence-corrected chi connectivity index (χ3v) is 4.04. The van der Waals surface area contributed by atoms with E-state index >= 15 is 0 Å². The zero-order valence-corrected chi connectivity index (χ0v) is 13.9. The monoisotopic (exact) mass is 335 g/mol. The number of methoxy groups -OCH3 is 1. The summed E-state index contributed by atoms with van der Waals surface area (Å²) in [4.78, 5) is 0. The highest BCUT2D eigenvalue weighted by atomic mass is 19.1. The SMILES string of the molecule is COCCC(NCC(C)(O)c1ccc(F)cc1)c1ccc(F)cc1. The summed E-state index contributed by atoms with van der Waals surface area (Å²) >= 11 is 0. The molecule has 24 heavy (non-hydrogen) atoms. The first-order valence-corrected chi connectivity index (χ1v) is 7.88. The Morgan fingerprint density at radius 3 is 2.12 bits per heavy atom. The minimum absolute atomic E-state index is 0.0857. The Morgan fingerprint density at radius 2 is 1.58 bits per heavy atom. The summed E-state index contributed by atoms with van der Waals surface area (Å²) in [6, 6.07) is 12.0. The Kier molecular flexibility index (Phi) is 6.43. The number of rotatable bonds is 8. The van der Waals surface area contributed by atoms with Gasteiger partial charge >= 0.3 is 0 Å². The molecule has 0 aromatic heterocycles. The van der Waals surface area contributed by atoms with Crippen molar-refractivity contribution in [3.05, 3.63) is 71.3 Å². The normalized spacial score (nSPS) is 15.0. The Morgan fingerprint density at radius 1 is 1.04 bits per heavy atom. The molecule has 0 heterocycles. The standard InChI is InChI=1S/C19H23F2NO2/c1-19(23,15-5-9-17(21)10-6-15)13-22-18(11-12-24-2)14-3-7-16(20)8-4-14/h3-10,18,22-23H,11-13H2,1-2H3. The van der Waals surface area contributed by atoms with Crippen LogP contribution in [0.5, 0.6) is 0 Å². The van der Waals surface area contributed by atoms with Crippen LogP contribution in [0.3, 0.4) is 0 Å². The zero-order chi connectivity index (χ0) is 17.6. The second-order valence-corrected chi connectivity index (χ2v) is 6.05. The molecule has 0 aliphatic rings. The molecule has 2 N–H and O–H groups in total. The van der Waals surface area contributed by atoms with Crippen LogP contribution in [0, 0.1) is 11.6 Å². The molecular formula is C19H23F2NO2. The quantitative estimate of drug-likeness (QED) is 0.775. The molecule has 0 amide bonds. The van der Waals surface area contributed by atoms with Gasteiger partial charge < -0.3 is 15.2 Å². The van der Waals surface area contributed by atoms with Crippen molar-refractivity contribution in [2.75, 3.05) is 20.3 Å². The van der Waals surface area contributed by atoms with Crippen molar-refractivity contribution in [3.8, 4) is 0 Å². The average molecular weight is 335 g/mol. The van der Waals surface area contributed by atoms with Crippen LogP contribution in [0.25, 0.3) is 0 Å². The highest BCUT2D eigenvalue weighted by molar-refractivity contribution is 5.24. The third kappa shape index (κ3) is 5.09. The van der Waals surface area contributed by atoms with Gasteiger partial charge in [-0.25, -0.2) is 8.78 Å². The van der Waals surface area contributed by atoms with Crippen LogP contribution in [-0.4, -0.2) is 25.4 Å². The maximum atomic E-state index is 13.1. The van der Waals surface area contributed by atoms with Crippen molar-refractivity contribution < 1.29 is 18.6 Å². The molecule has 0 saturated heterocycles. The van der Waals surface area contributed by atoms with Gasteiger partial charge in [-0.15, -0.1) is 0 Å². The second-order valence-electron chi connectivity index (χ2n) is 6.05. The Hall–Kier alpha value is -1.82. The lowest BCUT2D eigenvalue weighted by atomic mass is 9.94. The van der Waals surface area contributed by atoms with Gasteiger partial charge in [0, 0.05) is 26.3 Å². The molecule has 2 rings (SSSR count). The smallest absolute Gasteiger partial charge is 0.123 e. The van der Waals surface area contributed by atoms with E-state index in [1.54, 1.807) is 38.3 Å². The van der Waals surface area contributed by atoms with E-state index in [9.17, 15) is 13.9 Å². The van der Waals surface area contributed by atoms with Gasteiger partial charge in [0.05, 0.1) is 5.60 Å². The van der Waals surface area contributed by atoms with Crippen LogP contribution < -0.4 is 5.32 Å². The van der Waals surface area contributed by atoms with E-state index in [-0.39, 0.29) is 24.2 Å². The van der Waals surface area contributed by atoms with Gasteiger partial charge in [-0.3, -0.25) is 0 Å². The summed E-state index contributed by atoms with van der Waals surface area (Å²) in [5.41, 5.74) is 0.392. The van der Waals surface area contributed by atoms with Crippen molar-refractivity contribution in [1.82, 2.24) is 5.32 Å². The number of ether oxygens (including phenoxy) is 1. The lowest BCUT2D eigenvalue weighted by molar-refractivity contribution is 0.0520.